The number of hydrogen-bond acceptors (Lipinski definition) is 1. The number of alkyl halides is 3. The van der Waals surface area contributed by atoms with E-state index in [-0.39, 0.29) is 0 Å². The molecule has 0 saturated carbocycles. The Morgan fingerprint density at radius 2 is 1.65 bits per heavy atom. The van der Waals surface area contributed by atoms with Crippen LogP contribution in [0.3, 0.4) is 0 Å². The van der Waals surface area contributed by atoms with Crippen molar-refractivity contribution in [3.8, 4) is 0 Å². The van der Waals surface area contributed by atoms with Crippen LogP contribution in [0.15, 0.2) is 54.6 Å². The van der Waals surface area contributed by atoms with Gasteiger partial charge in [-0.2, -0.15) is 13.2 Å². The predicted molar refractivity (Wildman–Crippen MR) is 71.2 cm³/mol. The Kier molecular flexibility index (Phi) is 4.45. The summed E-state index contributed by atoms with van der Waals surface area (Å²) in [6.45, 7) is 0. The van der Waals surface area contributed by atoms with Gasteiger partial charge in [-0.15, -0.1) is 0 Å². The van der Waals surface area contributed by atoms with E-state index in [1.165, 1.54) is 12.1 Å². The molecule has 1 nitrogen and oxygen atoms in total. The normalized spacial score (nSPS) is 13.2. The fraction of sp³-hybridized carbons (Fsp3) is 0.250. The summed E-state index contributed by atoms with van der Waals surface area (Å²) in [5, 5.41) is 10.0. The number of aliphatic hydroxyl groups is 1. The first-order chi connectivity index (χ1) is 9.47. The number of halogens is 3. The van der Waals surface area contributed by atoms with Crippen LogP contribution in [0.2, 0.25) is 0 Å². The lowest BCUT2D eigenvalue weighted by Crippen LogP contribution is -2.07. The van der Waals surface area contributed by atoms with Gasteiger partial charge in [0.25, 0.3) is 0 Å². The van der Waals surface area contributed by atoms with E-state index in [9.17, 15) is 18.3 Å². The van der Waals surface area contributed by atoms with Crippen molar-refractivity contribution in [3.63, 3.8) is 0 Å². The average molecular weight is 280 g/mol. The Hall–Kier alpha value is -1.81. The third-order valence-electron chi connectivity index (χ3n) is 3.15. The third-order valence-corrected chi connectivity index (χ3v) is 3.15. The quantitative estimate of drug-likeness (QED) is 0.881. The molecule has 20 heavy (non-hydrogen) atoms. The second kappa shape index (κ2) is 6.09. The van der Waals surface area contributed by atoms with Crippen LogP contribution < -0.4 is 0 Å². The lowest BCUT2D eigenvalue weighted by atomic mass is 10.00. The highest BCUT2D eigenvalue weighted by atomic mass is 19.4. The highest BCUT2D eigenvalue weighted by molar-refractivity contribution is 5.27. The largest absolute Gasteiger partial charge is 0.416 e. The fourth-order valence-corrected chi connectivity index (χ4v) is 2.04. The van der Waals surface area contributed by atoms with Crippen molar-refractivity contribution in [3.05, 3.63) is 71.3 Å². The lowest BCUT2D eigenvalue weighted by Gasteiger charge is -2.13. The molecular formula is C16H15F3O. The van der Waals surface area contributed by atoms with E-state index < -0.39 is 17.8 Å². The van der Waals surface area contributed by atoms with Crippen molar-refractivity contribution >= 4 is 0 Å². The van der Waals surface area contributed by atoms with Crippen molar-refractivity contribution in [1.29, 1.82) is 0 Å². The molecule has 0 aliphatic rings. The van der Waals surface area contributed by atoms with Crippen molar-refractivity contribution < 1.29 is 18.3 Å². The van der Waals surface area contributed by atoms with Crippen LogP contribution in [0.25, 0.3) is 0 Å². The highest BCUT2D eigenvalue weighted by Gasteiger charge is 2.30. The summed E-state index contributed by atoms with van der Waals surface area (Å²) in [5.74, 6) is 0. The standard InChI is InChI=1S/C16H15F3O/c17-16(18,19)14-8-4-7-13(11-14)15(20)10-9-12-5-2-1-3-6-12/h1-8,11,15,20H,9-10H2/t15-/m0/s1. The van der Waals surface area contributed by atoms with E-state index in [1.807, 2.05) is 30.3 Å². The molecule has 0 heterocycles. The molecule has 0 amide bonds. The molecular weight excluding hydrogens is 265 g/mol. The first-order valence-electron chi connectivity index (χ1n) is 6.36. The van der Waals surface area contributed by atoms with Crippen molar-refractivity contribution in [2.75, 3.05) is 0 Å². The van der Waals surface area contributed by atoms with E-state index in [1.54, 1.807) is 0 Å². The number of hydrogen-bond donors (Lipinski definition) is 1. The summed E-state index contributed by atoms with van der Waals surface area (Å²) in [4.78, 5) is 0. The molecule has 0 bridgehead atoms. The maximum absolute atomic E-state index is 12.6. The molecule has 2 rings (SSSR count). The zero-order valence-electron chi connectivity index (χ0n) is 10.8. The lowest BCUT2D eigenvalue weighted by molar-refractivity contribution is -0.137. The van der Waals surface area contributed by atoms with Crippen LogP contribution in [0.1, 0.15) is 29.2 Å². The van der Waals surface area contributed by atoms with Gasteiger partial charge < -0.3 is 5.11 Å². The molecule has 4 heteroatoms. The van der Waals surface area contributed by atoms with Crippen LogP contribution in [0, 0.1) is 0 Å². The molecule has 0 saturated heterocycles. The molecule has 0 unspecified atom stereocenters. The van der Waals surface area contributed by atoms with Gasteiger partial charge in [0.1, 0.15) is 0 Å². The molecule has 0 spiro atoms. The molecule has 0 aliphatic carbocycles. The van der Waals surface area contributed by atoms with Crippen LogP contribution in [0.4, 0.5) is 13.2 Å². The van der Waals surface area contributed by atoms with Gasteiger partial charge in [-0.05, 0) is 36.1 Å². The van der Waals surface area contributed by atoms with E-state index in [0.29, 0.717) is 18.4 Å². The maximum atomic E-state index is 12.6. The summed E-state index contributed by atoms with van der Waals surface area (Å²) < 4.78 is 37.8. The number of rotatable bonds is 4. The Morgan fingerprint density at radius 3 is 2.30 bits per heavy atom. The fourth-order valence-electron chi connectivity index (χ4n) is 2.04. The molecule has 1 N–H and O–H groups in total. The zero-order valence-corrected chi connectivity index (χ0v) is 10.8. The molecule has 0 fully saturated rings. The van der Waals surface area contributed by atoms with Gasteiger partial charge in [0.05, 0.1) is 11.7 Å². The SMILES string of the molecule is O[C@@H](CCc1ccccc1)c1cccc(C(F)(F)F)c1. The number of aryl methyl sites for hydroxylation is 1. The summed E-state index contributed by atoms with van der Waals surface area (Å²) in [7, 11) is 0. The molecule has 106 valence electrons. The monoisotopic (exact) mass is 280 g/mol. The zero-order chi connectivity index (χ0) is 14.6. The summed E-state index contributed by atoms with van der Waals surface area (Å²) >= 11 is 0. The van der Waals surface area contributed by atoms with E-state index in [4.69, 9.17) is 0 Å². The van der Waals surface area contributed by atoms with E-state index >= 15 is 0 Å². The first-order valence-corrected chi connectivity index (χ1v) is 6.36. The van der Waals surface area contributed by atoms with Crippen molar-refractivity contribution in [2.45, 2.75) is 25.1 Å². The number of aliphatic hydroxyl groups excluding tert-OH is 1. The van der Waals surface area contributed by atoms with Gasteiger partial charge in [-0.25, -0.2) is 0 Å². The maximum Gasteiger partial charge on any atom is 0.416 e. The van der Waals surface area contributed by atoms with Gasteiger partial charge in [-0.3, -0.25) is 0 Å². The second-order valence-electron chi connectivity index (χ2n) is 4.66. The predicted octanol–water partition coefficient (Wildman–Crippen LogP) is 4.37. The van der Waals surface area contributed by atoms with Crippen LogP contribution in [-0.4, -0.2) is 5.11 Å². The highest BCUT2D eigenvalue weighted by Crippen LogP contribution is 2.31. The molecule has 2 aromatic carbocycles. The summed E-state index contributed by atoms with van der Waals surface area (Å²) in [5.41, 5.74) is 0.628. The van der Waals surface area contributed by atoms with Gasteiger partial charge in [0.15, 0.2) is 0 Å². The smallest absolute Gasteiger partial charge is 0.388 e. The third kappa shape index (κ3) is 3.84. The van der Waals surface area contributed by atoms with Gasteiger partial charge >= 0.3 is 6.18 Å². The summed E-state index contributed by atoms with van der Waals surface area (Å²) in [6.07, 6.45) is -4.25. The van der Waals surface area contributed by atoms with Crippen molar-refractivity contribution in [1.82, 2.24) is 0 Å². The van der Waals surface area contributed by atoms with Gasteiger partial charge in [-0.1, -0.05) is 42.5 Å². The first kappa shape index (κ1) is 14.6. The topological polar surface area (TPSA) is 20.2 Å². The number of benzene rings is 2. The Bertz CT molecular complexity index is 549. The molecule has 0 radical (unpaired) electrons. The van der Waals surface area contributed by atoms with Crippen LogP contribution >= 0.6 is 0 Å². The molecule has 1 atom stereocenters. The second-order valence-corrected chi connectivity index (χ2v) is 4.66. The minimum atomic E-state index is -4.38. The minimum Gasteiger partial charge on any atom is -0.388 e. The molecule has 0 aromatic heterocycles. The minimum absolute atomic E-state index is 0.302. The summed E-state index contributed by atoms with van der Waals surface area (Å²) in [6, 6.07) is 14.4. The Balaban J connectivity index is 2.04. The average Bonchev–Trinajstić information content (AvgIpc) is 2.45. The van der Waals surface area contributed by atoms with Crippen molar-refractivity contribution in [2.24, 2.45) is 0 Å². The van der Waals surface area contributed by atoms with Gasteiger partial charge in [0.2, 0.25) is 0 Å². The van der Waals surface area contributed by atoms with Gasteiger partial charge in [0, 0.05) is 0 Å². The Labute approximate surface area is 115 Å². The molecule has 0 aliphatic heterocycles. The van der Waals surface area contributed by atoms with Crippen LogP contribution in [-0.2, 0) is 12.6 Å². The Morgan fingerprint density at radius 1 is 0.950 bits per heavy atom. The van der Waals surface area contributed by atoms with E-state index in [2.05, 4.69) is 0 Å². The van der Waals surface area contributed by atoms with Crippen LogP contribution in [0.5, 0.6) is 0 Å². The van der Waals surface area contributed by atoms with E-state index in [0.717, 1.165) is 17.7 Å². The molecule has 2 aromatic rings.